The van der Waals surface area contributed by atoms with E-state index in [4.69, 9.17) is 5.73 Å². The molecule has 24 heavy (non-hydrogen) atoms. The molecule has 0 fully saturated rings. The highest BCUT2D eigenvalue weighted by molar-refractivity contribution is 14.0. The Kier molecular flexibility index (Phi) is 14.0. The molecule has 1 rings (SSSR count). The molecule has 4 nitrogen and oxygen atoms in total. The fourth-order valence-corrected chi connectivity index (χ4v) is 2.55. The Bertz CT molecular complexity index is 460. The number of halogens is 1. The molecular formula is C19H35IN4. The zero-order chi connectivity index (χ0) is 16.9. The molecule has 5 heteroatoms. The molecule has 0 atom stereocenters. The number of hydrogen-bond acceptors (Lipinski definition) is 2. The van der Waals surface area contributed by atoms with Crippen LogP contribution in [0.1, 0.15) is 56.6 Å². The highest BCUT2D eigenvalue weighted by Crippen LogP contribution is 2.11. The van der Waals surface area contributed by atoms with E-state index in [1.807, 2.05) is 0 Å². The summed E-state index contributed by atoms with van der Waals surface area (Å²) in [6, 6.07) is 8.42. The molecule has 1 aromatic carbocycles. The summed E-state index contributed by atoms with van der Waals surface area (Å²) in [6.07, 6.45) is 7.76. The minimum Gasteiger partial charge on any atom is -0.370 e. The van der Waals surface area contributed by atoms with Crippen LogP contribution in [0.2, 0.25) is 0 Å². The number of nitrogens with one attached hydrogen (secondary N) is 1. The van der Waals surface area contributed by atoms with Crippen molar-refractivity contribution in [3.05, 3.63) is 35.4 Å². The normalized spacial score (nSPS) is 11.4. The second kappa shape index (κ2) is 14.5. The van der Waals surface area contributed by atoms with Gasteiger partial charge in [0.1, 0.15) is 0 Å². The topological polar surface area (TPSA) is 53.6 Å². The minimum atomic E-state index is 0. The van der Waals surface area contributed by atoms with Gasteiger partial charge in [0.05, 0.1) is 6.54 Å². The maximum atomic E-state index is 5.96. The van der Waals surface area contributed by atoms with Gasteiger partial charge in [-0.25, -0.2) is 4.99 Å². The summed E-state index contributed by atoms with van der Waals surface area (Å²) in [6.45, 7) is 4.73. The number of rotatable bonds is 11. The van der Waals surface area contributed by atoms with Crippen molar-refractivity contribution in [3.63, 3.8) is 0 Å². The van der Waals surface area contributed by atoms with Gasteiger partial charge >= 0.3 is 0 Å². The third-order valence-electron chi connectivity index (χ3n) is 3.86. The summed E-state index contributed by atoms with van der Waals surface area (Å²) in [5.41, 5.74) is 8.52. The van der Waals surface area contributed by atoms with Gasteiger partial charge in [-0.3, -0.25) is 0 Å². The predicted octanol–water partition coefficient (Wildman–Crippen LogP) is 4.13. The van der Waals surface area contributed by atoms with Crippen LogP contribution in [0, 0.1) is 0 Å². The van der Waals surface area contributed by atoms with Crippen LogP contribution in [-0.2, 0) is 13.1 Å². The van der Waals surface area contributed by atoms with Gasteiger partial charge in [-0.2, -0.15) is 0 Å². The van der Waals surface area contributed by atoms with Crippen LogP contribution in [0.4, 0.5) is 0 Å². The van der Waals surface area contributed by atoms with Crippen LogP contribution in [-0.4, -0.2) is 31.5 Å². The van der Waals surface area contributed by atoms with Crippen molar-refractivity contribution in [2.75, 3.05) is 20.6 Å². The lowest BCUT2D eigenvalue weighted by Crippen LogP contribution is -2.32. The van der Waals surface area contributed by atoms with Gasteiger partial charge in [-0.15, -0.1) is 24.0 Å². The summed E-state index contributed by atoms with van der Waals surface area (Å²) in [7, 11) is 4.16. The zero-order valence-corrected chi connectivity index (χ0v) is 17.9. The van der Waals surface area contributed by atoms with Crippen molar-refractivity contribution in [3.8, 4) is 0 Å². The highest BCUT2D eigenvalue weighted by Gasteiger charge is 2.02. The molecular weight excluding hydrogens is 411 g/mol. The molecule has 0 unspecified atom stereocenters. The number of hydrogen-bond donors (Lipinski definition) is 2. The van der Waals surface area contributed by atoms with Crippen LogP contribution in [0.25, 0.3) is 0 Å². The van der Waals surface area contributed by atoms with E-state index in [1.54, 1.807) is 0 Å². The standard InChI is InChI=1S/C19H34N4.HI/c1-4-5-6-7-8-11-14-21-19(20)22-15-17-12-9-10-13-18(17)16-23(2)3;/h9-10,12-13H,4-8,11,14-16H2,1-3H3,(H3,20,21,22);1H. The maximum absolute atomic E-state index is 5.96. The third kappa shape index (κ3) is 10.9. The van der Waals surface area contributed by atoms with Crippen molar-refractivity contribution in [1.82, 2.24) is 10.2 Å². The number of benzene rings is 1. The molecule has 1 aromatic rings. The van der Waals surface area contributed by atoms with Crippen molar-refractivity contribution in [2.45, 2.75) is 58.5 Å². The number of unbranched alkanes of at least 4 members (excludes halogenated alkanes) is 5. The number of guanidine groups is 1. The number of aliphatic imine (C=N–C) groups is 1. The molecule has 0 radical (unpaired) electrons. The van der Waals surface area contributed by atoms with Gasteiger partial charge in [0.25, 0.3) is 0 Å². The monoisotopic (exact) mass is 446 g/mol. The molecule has 3 N–H and O–H groups in total. The van der Waals surface area contributed by atoms with Crippen molar-refractivity contribution in [2.24, 2.45) is 10.7 Å². The fraction of sp³-hybridized carbons (Fsp3) is 0.632. The molecule has 0 heterocycles. The Hall–Kier alpha value is -0.820. The lowest BCUT2D eigenvalue weighted by atomic mass is 10.1. The van der Waals surface area contributed by atoms with Gasteiger partial charge < -0.3 is 16.0 Å². The lowest BCUT2D eigenvalue weighted by Gasteiger charge is -2.13. The first-order valence-electron chi connectivity index (χ1n) is 8.88. The van der Waals surface area contributed by atoms with Gasteiger partial charge in [-0.1, -0.05) is 63.3 Å². The molecule has 0 aliphatic carbocycles. The summed E-state index contributed by atoms with van der Waals surface area (Å²) < 4.78 is 0. The van der Waals surface area contributed by atoms with Crippen LogP contribution in [0.5, 0.6) is 0 Å². The maximum Gasteiger partial charge on any atom is 0.188 e. The van der Waals surface area contributed by atoms with Crippen LogP contribution >= 0.6 is 24.0 Å². The molecule has 0 aliphatic heterocycles. The SMILES string of the molecule is CCCCCCCCNC(N)=NCc1ccccc1CN(C)C.I. The molecule has 138 valence electrons. The van der Waals surface area contributed by atoms with Gasteiger partial charge in [0.15, 0.2) is 5.96 Å². The largest absolute Gasteiger partial charge is 0.370 e. The van der Waals surface area contributed by atoms with E-state index in [2.05, 4.69) is 60.5 Å². The van der Waals surface area contributed by atoms with E-state index in [1.165, 1.54) is 43.2 Å². The Morgan fingerprint density at radius 3 is 2.33 bits per heavy atom. The van der Waals surface area contributed by atoms with Crippen LogP contribution in [0.3, 0.4) is 0 Å². The second-order valence-corrected chi connectivity index (χ2v) is 6.40. The van der Waals surface area contributed by atoms with E-state index >= 15 is 0 Å². The molecule has 0 aromatic heterocycles. The van der Waals surface area contributed by atoms with E-state index in [-0.39, 0.29) is 24.0 Å². The van der Waals surface area contributed by atoms with Gasteiger partial charge in [0, 0.05) is 13.1 Å². The third-order valence-corrected chi connectivity index (χ3v) is 3.86. The molecule has 0 aliphatic rings. The summed E-state index contributed by atoms with van der Waals surface area (Å²) >= 11 is 0. The molecule has 0 bridgehead atoms. The Balaban J connectivity index is 0.00000529. The molecule has 0 spiro atoms. The van der Waals surface area contributed by atoms with Gasteiger partial charge in [0.2, 0.25) is 0 Å². The average Bonchev–Trinajstić information content (AvgIpc) is 2.52. The molecule has 0 amide bonds. The second-order valence-electron chi connectivity index (χ2n) is 6.40. The van der Waals surface area contributed by atoms with Crippen molar-refractivity contribution in [1.29, 1.82) is 0 Å². The van der Waals surface area contributed by atoms with E-state index < -0.39 is 0 Å². The molecule has 0 saturated carbocycles. The first kappa shape index (κ1) is 23.2. The first-order chi connectivity index (χ1) is 11.1. The number of nitrogens with two attached hydrogens (primary N) is 1. The number of nitrogens with zero attached hydrogens (tertiary/aromatic N) is 2. The van der Waals surface area contributed by atoms with Crippen molar-refractivity contribution >= 4 is 29.9 Å². The van der Waals surface area contributed by atoms with Crippen molar-refractivity contribution < 1.29 is 0 Å². The first-order valence-corrected chi connectivity index (χ1v) is 8.88. The average molecular weight is 446 g/mol. The zero-order valence-electron chi connectivity index (χ0n) is 15.6. The Morgan fingerprint density at radius 2 is 1.67 bits per heavy atom. The quantitative estimate of drug-likeness (QED) is 0.233. The predicted molar refractivity (Wildman–Crippen MR) is 116 cm³/mol. The summed E-state index contributed by atoms with van der Waals surface area (Å²) in [4.78, 5) is 6.64. The fourth-order valence-electron chi connectivity index (χ4n) is 2.55. The highest BCUT2D eigenvalue weighted by atomic mass is 127. The van der Waals surface area contributed by atoms with Gasteiger partial charge in [-0.05, 0) is 31.6 Å². The van der Waals surface area contributed by atoms with E-state index in [0.717, 1.165) is 19.5 Å². The van der Waals surface area contributed by atoms with E-state index in [0.29, 0.717) is 12.5 Å². The summed E-state index contributed by atoms with van der Waals surface area (Å²) in [5.74, 6) is 0.554. The van der Waals surface area contributed by atoms with Crippen LogP contribution < -0.4 is 11.1 Å². The minimum absolute atomic E-state index is 0. The molecule has 0 saturated heterocycles. The van der Waals surface area contributed by atoms with Crippen LogP contribution in [0.15, 0.2) is 29.3 Å². The summed E-state index contributed by atoms with van der Waals surface area (Å²) in [5, 5.41) is 3.22. The smallest absolute Gasteiger partial charge is 0.188 e. The Labute approximate surface area is 165 Å². The lowest BCUT2D eigenvalue weighted by molar-refractivity contribution is 0.401. The Morgan fingerprint density at radius 1 is 1.04 bits per heavy atom. The van der Waals surface area contributed by atoms with E-state index in [9.17, 15) is 0 Å².